The van der Waals surface area contributed by atoms with Crippen molar-refractivity contribution in [2.24, 2.45) is 17.8 Å². The van der Waals surface area contributed by atoms with Crippen LogP contribution in [0.15, 0.2) is 11.6 Å². The molecule has 0 aromatic heterocycles. The van der Waals surface area contributed by atoms with Crippen LogP contribution < -0.4 is 0 Å². The molecule has 4 atom stereocenters. The minimum atomic E-state index is -0.247. The summed E-state index contributed by atoms with van der Waals surface area (Å²) in [5.74, 6) is 0.501. The highest BCUT2D eigenvalue weighted by Gasteiger charge is 2.29. The second kappa shape index (κ2) is 15.0. The van der Waals surface area contributed by atoms with E-state index < -0.39 is 0 Å². The van der Waals surface area contributed by atoms with Crippen molar-refractivity contribution in [3.63, 3.8) is 0 Å². The molecule has 2 unspecified atom stereocenters. The molecule has 0 heterocycles. The molecule has 0 radical (unpaired) electrons. The number of aliphatic hydroxyl groups excluding tert-OH is 2. The molecule has 0 aliphatic heterocycles. The molecule has 4 nitrogen and oxygen atoms in total. The molecule has 0 saturated heterocycles. The van der Waals surface area contributed by atoms with E-state index in [1.54, 1.807) is 0 Å². The highest BCUT2D eigenvalue weighted by molar-refractivity contribution is 5.72. The van der Waals surface area contributed by atoms with Crippen LogP contribution in [0.25, 0.3) is 0 Å². The van der Waals surface area contributed by atoms with Crippen molar-refractivity contribution in [1.29, 1.82) is 0 Å². The van der Waals surface area contributed by atoms with Crippen molar-refractivity contribution in [2.75, 3.05) is 6.61 Å². The van der Waals surface area contributed by atoms with Crippen molar-refractivity contribution >= 4 is 5.97 Å². The molecule has 1 aliphatic rings. The van der Waals surface area contributed by atoms with E-state index in [0.29, 0.717) is 12.5 Å². The number of rotatable bonds is 15. The van der Waals surface area contributed by atoms with Crippen molar-refractivity contribution in [3.8, 4) is 0 Å². The van der Waals surface area contributed by atoms with Gasteiger partial charge < -0.3 is 14.9 Å². The molecule has 0 aromatic carbocycles. The average Bonchev–Trinajstić information content (AvgIpc) is 3.02. The van der Waals surface area contributed by atoms with Gasteiger partial charge in [0.1, 0.15) is 0 Å². The lowest BCUT2D eigenvalue weighted by Gasteiger charge is -2.20. The standard InChI is InChI=1S/C25H46O4/c1-5-7-9-12-21(26)17-15-20-16-18-24(27)23(20)14-11-8-10-13-22(19(3)4)25(28)29-6-2/h15,19,21-24,26-27H,5-14,16-18H2,1-4H3/t21?,22?,23-,24-/m1/s1. The predicted octanol–water partition coefficient (Wildman–Crippen LogP) is 5.80. The fourth-order valence-electron chi connectivity index (χ4n) is 4.49. The van der Waals surface area contributed by atoms with E-state index in [9.17, 15) is 15.0 Å². The molecule has 1 saturated carbocycles. The fraction of sp³-hybridized carbons (Fsp3) is 0.880. The molecule has 1 rings (SSSR count). The van der Waals surface area contributed by atoms with E-state index in [0.717, 1.165) is 64.2 Å². The summed E-state index contributed by atoms with van der Waals surface area (Å²) in [6, 6.07) is 0. The van der Waals surface area contributed by atoms with Crippen LogP contribution in [-0.4, -0.2) is 35.0 Å². The second-order valence-electron chi connectivity index (χ2n) is 9.12. The monoisotopic (exact) mass is 410 g/mol. The Kier molecular flexibility index (Phi) is 13.5. The lowest BCUT2D eigenvalue weighted by molar-refractivity contribution is -0.149. The smallest absolute Gasteiger partial charge is 0.309 e. The minimum Gasteiger partial charge on any atom is -0.466 e. The number of aliphatic hydroxyl groups is 2. The van der Waals surface area contributed by atoms with Gasteiger partial charge in [-0.25, -0.2) is 0 Å². The third-order valence-corrected chi connectivity index (χ3v) is 6.39. The SMILES string of the molecule is CCCCCC(O)CC=C1CC[C@@H](O)[C@@H]1CCCCCC(C(=O)OCC)C(C)C. The number of carbonyl (C=O) groups excluding carboxylic acids is 1. The Hall–Kier alpha value is -0.870. The lowest BCUT2D eigenvalue weighted by Crippen LogP contribution is -2.22. The Morgan fingerprint density at radius 2 is 1.86 bits per heavy atom. The van der Waals surface area contributed by atoms with E-state index in [-0.39, 0.29) is 30.0 Å². The fourth-order valence-corrected chi connectivity index (χ4v) is 4.49. The first-order valence-corrected chi connectivity index (χ1v) is 12.1. The van der Waals surface area contributed by atoms with Crippen LogP contribution in [-0.2, 0) is 9.53 Å². The summed E-state index contributed by atoms with van der Waals surface area (Å²) in [6.07, 6.45) is 13.7. The Morgan fingerprint density at radius 1 is 1.14 bits per heavy atom. The Morgan fingerprint density at radius 3 is 2.52 bits per heavy atom. The van der Waals surface area contributed by atoms with Gasteiger partial charge in [-0.15, -0.1) is 0 Å². The topological polar surface area (TPSA) is 66.8 Å². The van der Waals surface area contributed by atoms with Gasteiger partial charge in [0.25, 0.3) is 0 Å². The first-order valence-electron chi connectivity index (χ1n) is 12.1. The molecule has 170 valence electrons. The maximum atomic E-state index is 12.1. The predicted molar refractivity (Wildman–Crippen MR) is 120 cm³/mol. The van der Waals surface area contributed by atoms with E-state index >= 15 is 0 Å². The highest BCUT2D eigenvalue weighted by atomic mass is 16.5. The van der Waals surface area contributed by atoms with Gasteiger partial charge in [-0.05, 0) is 51.4 Å². The van der Waals surface area contributed by atoms with Crippen LogP contribution >= 0.6 is 0 Å². The van der Waals surface area contributed by atoms with E-state index in [4.69, 9.17) is 4.74 Å². The van der Waals surface area contributed by atoms with E-state index in [1.165, 1.54) is 18.4 Å². The Labute approximate surface area is 179 Å². The Bertz CT molecular complexity index is 471. The highest BCUT2D eigenvalue weighted by Crippen LogP contribution is 2.36. The minimum absolute atomic E-state index is 0.00308. The number of esters is 1. The number of unbranched alkanes of at least 4 members (excludes halogenated alkanes) is 4. The summed E-state index contributed by atoms with van der Waals surface area (Å²) in [5, 5.41) is 20.6. The number of ether oxygens (including phenoxy) is 1. The first-order chi connectivity index (χ1) is 13.9. The molecule has 1 fully saturated rings. The summed E-state index contributed by atoms with van der Waals surface area (Å²) in [7, 11) is 0. The van der Waals surface area contributed by atoms with Crippen molar-refractivity contribution in [1.82, 2.24) is 0 Å². The van der Waals surface area contributed by atoms with Gasteiger partial charge in [0.2, 0.25) is 0 Å². The average molecular weight is 411 g/mol. The quantitative estimate of drug-likeness (QED) is 0.203. The number of hydrogen-bond acceptors (Lipinski definition) is 4. The summed E-state index contributed by atoms with van der Waals surface area (Å²) >= 11 is 0. The van der Waals surface area contributed by atoms with Crippen LogP contribution in [0.3, 0.4) is 0 Å². The van der Waals surface area contributed by atoms with Crippen molar-refractivity contribution < 1.29 is 19.7 Å². The van der Waals surface area contributed by atoms with Crippen molar-refractivity contribution in [3.05, 3.63) is 11.6 Å². The van der Waals surface area contributed by atoms with Crippen LogP contribution in [0.4, 0.5) is 0 Å². The van der Waals surface area contributed by atoms with Crippen LogP contribution in [0.2, 0.25) is 0 Å². The van der Waals surface area contributed by atoms with Gasteiger partial charge in [-0.2, -0.15) is 0 Å². The van der Waals surface area contributed by atoms with Gasteiger partial charge in [0.05, 0.1) is 24.7 Å². The van der Waals surface area contributed by atoms with Crippen LogP contribution in [0.5, 0.6) is 0 Å². The Balaban J connectivity index is 2.37. The summed E-state index contributed by atoms with van der Waals surface area (Å²) in [6.45, 7) is 8.66. The molecular weight excluding hydrogens is 364 g/mol. The molecule has 2 N–H and O–H groups in total. The second-order valence-corrected chi connectivity index (χ2v) is 9.12. The molecule has 0 amide bonds. The zero-order valence-corrected chi connectivity index (χ0v) is 19.4. The number of hydrogen-bond donors (Lipinski definition) is 2. The first kappa shape index (κ1) is 26.2. The van der Waals surface area contributed by atoms with Crippen LogP contribution in [0.1, 0.15) is 105 Å². The molecule has 1 aliphatic carbocycles. The summed E-state index contributed by atoms with van der Waals surface area (Å²) < 4.78 is 5.21. The molecular formula is C25H46O4. The third kappa shape index (κ3) is 10.1. The van der Waals surface area contributed by atoms with Crippen molar-refractivity contribution in [2.45, 2.75) is 117 Å². The van der Waals surface area contributed by atoms with Crippen LogP contribution in [0, 0.1) is 17.8 Å². The largest absolute Gasteiger partial charge is 0.466 e. The third-order valence-electron chi connectivity index (χ3n) is 6.39. The molecule has 0 bridgehead atoms. The zero-order chi connectivity index (χ0) is 21.6. The lowest BCUT2D eigenvalue weighted by atomic mass is 9.88. The van der Waals surface area contributed by atoms with Gasteiger partial charge in [-0.1, -0.05) is 70.9 Å². The van der Waals surface area contributed by atoms with Gasteiger partial charge >= 0.3 is 5.97 Å². The van der Waals surface area contributed by atoms with Gasteiger partial charge in [0, 0.05) is 5.92 Å². The van der Waals surface area contributed by atoms with E-state index in [1.807, 2.05) is 6.92 Å². The summed E-state index contributed by atoms with van der Waals surface area (Å²) in [5.41, 5.74) is 1.35. The maximum absolute atomic E-state index is 12.1. The molecule has 4 heteroatoms. The van der Waals surface area contributed by atoms with Gasteiger partial charge in [-0.3, -0.25) is 4.79 Å². The normalized spacial score (nSPS) is 22.9. The number of carbonyl (C=O) groups is 1. The maximum Gasteiger partial charge on any atom is 0.309 e. The zero-order valence-electron chi connectivity index (χ0n) is 19.4. The summed E-state index contributed by atoms with van der Waals surface area (Å²) in [4.78, 5) is 12.1. The molecule has 0 aromatic rings. The van der Waals surface area contributed by atoms with Gasteiger partial charge in [0.15, 0.2) is 0 Å². The molecule has 29 heavy (non-hydrogen) atoms. The molecule has 0 spiro atoms. The van der Waals surface area contributed by atoms with E-state index in [2.05, 4.69) is 26.8 Å².